The second kappa shape index (κ2) is 10.1. The van der Waals surface area contributed by atoms with E-state index in [1.807, 2.05) is 19.1 Å². The molecule has 0 atom stereocenters. The Morgan fingerprint density at radius 3 is 2.12 bits per heavy atom. The van der Waals surface area contributed by atoms with Crippen LogP contribution in [0.25, 0.3) is 0 Å². The van der Waals surface area contributed by atoms with Crippen molar-refractivity contribution >= 4 is 33.3 Å². The molecule has 0 radical (unpaired) electrons. The number of hydrogen-bond donors (Lipinski definition) is 1. The monoisotopic (exact) mass is 452 g/mol. The number of anilines is 2. The second-order valence-electron chi connectivity index (χ2n) is 7.01. The average molecular weight is 453 g/mol. The zero-order chi connectivity index (χ0) is 23.1. The van der Waals surface area contributed by atoms with Crippen LogP contribution in [0.2, 0.25) is 0 Å². The highest BCUT2D eigenvalue weighted by atomic mass is 32.2. The van der Waals surface area contributed by atoms with Crippen molar-refractivity contribution in [1.29, 1.82) is 0 Å². The lowest BCUT2D eigenvalue weighted by molar-refractivity contribution is -0.119. The Morgan fingerprint density at radius 1 is 0.906 bits per heavy atom. The lowest BCUT2D eigenvalue weighted by Crippen LogP contribution is -2.26. The number of para-hydroxylation sites is 1. The van der Waals surface area contributed by atoms with E-state index >= 15 is 0 Å². The van der Waals surface area contributed by atoms with Crippen molar-refractivity contribution < 1.29 is 22.7 Å². The number of sulfonamides is 1. The molecule has 0 aliphatic rings. The molecule has 1 N–H and O–H groups in total. The zero-order valence-electron chi connectivity index (χ0n) is 17.8. The van der Waals surface area contributed by atoms with Crippen molar-refractivity contribution in [3.63, 3.8) is 0 Å². The smallest absolute Gasteiger partial charge is 0.338 e. The number of amides is 1. The number of esters is 1. The molecule has 0 spiro atoms. The molecule has 7 nitrogen and oxygen atoms in total. The summed E-state index contributed by atoms with van der Waals surface area (Å²) in [6.45, 7) is 1.59. The average Bonchev–Trinajstić information content (AvgIpc) is 2.83. The fourth-order valence-corrected chi connectivity index (χ4v) is 4.13. The summed E-state index contributed by atoms with van der Waals surface area (Å²) in [6, 6.07) is 21.4. The first-order valence-electron chi connectivity index (χ1n) is 10.0. The van der Waals surface area contributed by atoms with Gasteiger partial charge in [-0.15, -0.1) is 0 Å². The van der Waals surface area contributed by atoms with Crippen LogP contribution < -0.4 is 9.62 Å². The molecule has 3 rings (SSSR count). The Labute approximate surface area is 187 Å². The van der Waals surface area contributed by atoms with Crippen molar-refractivity contribution in [1.82, 2.24) is 0 Å². The number of nitrogens with zero attached hydrogens (tertiary/aromatic N) is 1. The van der Waals surface area contributed by atoms with Gasteiger partial charge in [0.1, 0.15) is 0 Å². The van der Waals surface area contributed by atoms with E-state index in [0.717, 1.165) is 16.3 Å². The summed E-state index contributed by atoms with van der Waals surface area (Å²) in [5, 5.41) is 2.66. The Bertz CT molecular complexity index is 1180. The fourth-order valence-electron chi connectivity index (χ4n) is 2.93. The molecule has 0 saturated carbocycles. The molecule has 3 aromatic carbocycles. The fraction of sp³-hybridized carbons (Fsp3) is 0.167. The van der Waals surface area contributed by atoms with Gasteiger partial charge in [0.15, 0.2) is 6.61 Å². The Hall–Kier alpha value is -3.65. The molecule has 166 valence electrons. The van der Waals surface area contributed by atoms with Gasteiger partial charge in [-0.3, -0.25) is 9.10 Å². The number of carbonyl (C=O) groups excluding carboxylic acids is 2. The maximum atomic E-state index is 12.8. The van der Waals surface area contributed by atoms with Crippen molar-refractivity contribution in [3.8, 4) is 0 Å². The normalized spacial score (nSPS) is 10.9. The number of hydrogen-bond acceptors (Lipinski definition) is 5. The van der Waals surface area contributed by atoms with E-state index in [1.165, 1.54) is 31.3 Å². The quantitative estimate of drug-likeness (QED) is 0.524. The van der Waals surface area contributed by atoms with Crippen molar-refractivity contribution in [2.75, 3.05) is 23.3 Å². The highest BCUT2D eigenvalue weighted by Crippen LogP contribution is 2.22. The predicted octanol–water partition coefficient (Wildman–Crippen LogP) is 3.87. The summed E-state index contributed by atoms with van der Waals surface area (Å²) in [5.74, 6) is -1.19. The van der Waals surface area contributed by atoms with E-state index in [0.29, 0.717) is 11.4 Å². The van der Waals surface area contributed by atoms with Gasteiger partial charge in [0.05, 0.1) is 16.1 Å². The number of benzene rings is 3. The van der Waals surface area contributed by atoms with Crippen LogP contribution in [-0.4, -0.2) is 33.9 Å². The minimum atomic E-state index is -3.78. The van der Waals surface area contributed by atoms with Crippen LogP contribution in [0.3, 0.4) is 0 Å². The standard InChI is InChI=1S/C24H24N2O5S/c1-3-18-9-13-20(14-10-18)25-23(27)17-31-24(28)19-11-15-22(16-12-19)32(29,30)26(2)21-7-5-4-6-8-21/h4-16H,3,17H2,1-2H3,(H,25,27). The number of nitrogens with one attached hydrogen (secondary N) is 1. The van der Waals surface area contributed by atoms with E-state index in [4.69, 9.17) is 4.74 Å². The van der Waals surface area contributed by atoms with Gasteiger partial charge >= 0.3 is 5.97 Å². The predicted molar refractivity (Wildman–Crippen MR) is 123 cm³/mol. The molecular formula is C24H24N2O5S. The van der Waals surface area contributed by atoms with Crippen LogP contribution in [-0.2, 0) is 26.0 Å². The van der Waals surface area contributed by atoms with Gasteiger partial charge in [0, 0.05) is 12.7 Å². The van der Waals surface area contributed by atoms with Crippen LogP contribution >= 0.6 is 0 Å². The van der Waals surface area contributed by atoms with Gasteiger partial charge in [-0.25, -0.2) is 13.2 Å². The zero-order valence-corrected chi connectivity index (χ0v) is 18.6. The molecule has 32 heavy (non-hydrogen) atoms. The lowest BCUT2D eigenvalue weighted by Gasteiger charge is -2.19. The van der Waals surface area contributed by atoms with Gasteiger partial charge in [-0.05, 0) is 60.5 Å². The largest absolute Gasteiger partial charge is 0.452 e. The van der Waals surface area contributed by atoms with Gasteiger partial charge in [-0.2, -0.15) is 0 Å². The van der Waals surface area contributed by atoms with Crippen LogP contribution in [0.15, 0.2) is 83.8 Å². The summed E-state index contributed by atoms with van der Waals surface area (Å²) in [5.41, 5.74) is 2.42. The molecular weight excluding hydrogens is 428 g/mol. The molecule has 0 heterocycles. The van der Waals surface area contributed by atoms with E-state index in [2.05, 4.69) is 5.32 Å². The summed E-state index contributed by atoms with van der Waals surface area (Å²) in [4.78, 5) is 24.3. The Balaban J connectivity index is 1.59. The van der Waals surface area contributed by atoms with Crippen LogP contribution in [0.5, 0.6) is 0 Å². The topological polar surface area (TPSA) is 92.8 Å². The first-order valence-corrected chi connectivity index (χ1v) is 11.4. The maximum absolute atomic E-state index is 12.8. The summed E-state index contributed by atoms with van der Waals surface area (Å²) in [7, 11) is -2.32. The molecule has 0 fully saturated rings. The highest BCUT2D eigenvalue weighted by Gasteiger charge is 2.21. The summed E-state index contributed by atoms with van der Waals surface area (Å²) >= 11 is 0. The number of carbonyl (C=O) groups is 2. The van der Waals surface area contributed by atoms with Crippen molar-refractivity contribution in [2.24, 2.45) is 0 Å². The van der Waals surface area contributed by atoms with E-state index in [9.17, 15) is 18.0 Å². The van der Waals surface area contributed by atoms with Crippen LogP contribution in [0, 0.1) is 0 Å². The minimum Gasteiger partial charge on any atom is -0.452 e. The minimum absolute atomic E-state index is 0.0358. The molecule has 0 aliphatic heterocycles. The molecule has 0 aromatic heterocycles. The first kappa shape index (κ1) is 23.0. The van der Waals surface area contributed by atoms with Gasteiger partial charge in [0.25, 0.3) is 15.9 Å². The van der Waals surface area contributed by atoms with E-state index in [1.54, 1.807) is 42.5 Å². The van der Waals surface area contributed by atoms with E-state index in [-0.39, 0.29) is 10.5 Å². The number of aryl methyl sites for hydroxylation is 1. The van der Waals surface area contributed by atoms with Gasteiger partial charge in [-0.1, -0.05) is 37.3 Å². The molecule has 1 amide bonds. The second-order valence-corrected chi connectivity index (χ2v) is 8.98. The van der Waals surface area contributed by atoms with Crippen molar-refractivity contribution in [3.05, 3.63) is 90.0 Å². The van der Waals surface area contributed by atoms with Crippen LogP contribution in [0.1, 0.15) is 22.8 Å². The third-order valence-corrected chi connectivity index (χ3v) is 6.65. The highest BCUT2D eigenvalue weighted by molar-refractivity contribution is 7.92. The third-order valence-electron chi connectivity index (χ3n) is 4.85. The molecule has 0 saturated heterocycles. The maximum Gasteiger partial charge on any atom is 0.338 e. The lowest BCUT2D eigenvalue weighted by atomic mass is 10.1. The van der Waals surface area contributed by atoms with E-state index < -0.39 is 28.5 Å². The van der Waals surface area contributed by atoms with Crippen LogP contribution in [0.4, 0.5) is 11.4 Å². The third kappa shape index (κ3) is 5.53. The van der Waals surface area contributed by atoms with Gasteiger partial charge in [0.2, 0.25) is 0 Å². The first-order chi connectivity index (χ1) is 15.3. The SMILES string of the molecule is CCc1ccc(NC(=O)COC(=O)c2ccc(S(=O)(=O)N(C)c3ccccc3)cc2)cc1. The number of ether oxygens (including phenoxy) is 1. The van der Waals surface area contributed by atoms with Crippen molar-refractivity contribution in [2.45, 2.75) is 18.2 Å². The summed E-state index contributed by atoms with van der Waals surface area (Å²) in [6.07, 6.45) is 0.897. The Morgan fingerprint density at radius 2 is 1.53 bits per heavy atom. The molecule has 8 heteroatoms. The van der Waals surface area contributed by atoms with Gasteiger partial charge < -0.3 is 10.1 Å². The molecule has 0 aliphatic carbocycles. The summed E-state index contributed by atoms with van der Waals surface area (Å²) < 4.78 is 31.8. The molecule has 0 bridgehead atoms. The molecule has 3 aromatic rings. The number of rotatable bonds is 8. The Kier molecular flexibility index (Phi) is 7.27. The molecule has 0 unspecified atom stereocenters.